The Morgan fingerprint density at radius 2 is 2.16 bits per heavy atom. The predicted octanol–water partition coefficient (Wildman–Crippen LogP) is 2.85. The highest BCUT2D eigenvalue weighted by Crippen LogP contribution is 2.15. The average molecular weight is 262 g/mol. The lowest BCUT2D eigenvalue weighted by Crippen LogP contribution is -2.39. The zero-order valence-corrected chi connectivity index (χ0v) is 12.1. The molecule has 1 aromatic carbocycles. The molecule has 1 aliphatic rings. The second-order valence-electron chi connectivity index (χ2n) is 5.62. The largest absolute Gasteiger partial charge is 0.383 e. The molecule has 106 valence electrons. The van der Waals surface area contributed by atoms with E-state index in [1.165, 1.54) is 18.5 Å². The van der Waals surface area contributed by atoms with E-state index in [1.54, 1.807) is 0 Å². The van der Waals surface area contributed by atoms with Gasteiger partial charge in [0.05, 0.1) is 6.61 Å². The van der Waals surface area contributed by atoms with Crippen LogP contribution >= 0.6 is 0 Å². The molecule has 2 rings (SSSR count). The van der Waals surface area contributed by atoms with Gasteiger partial charge in [0.1, 0.15) is 0 Å². The third-order valence-electron chi connectivity index (χ3n) is 3.93. The summed E-state index contributed by atoms with van der Waals surface area (Å²) in [5, 5.41) is 3.49. The van der Waals surface area contributed by atoms with Crippen molar-refractivity contribution < 1.29 is 4.74 Å². The molecular formula is C16H26N2O. The highest BCUT2D eigenvalue weighted by atomic mass is 16.5. The van der Waals surface area contributed by atoms with Crippen LogP contribution in [0.3, 0.4) is 0 Å². The van der Waals surface area contributed by atoms with Crippen LogP contribution in [0.1, 0.15) is 19.8 Å². The average Bonchev–Trinajstić information content (AvgIpc) is 2.47. The van der Waals surface area contributed by atoms with Gasteiger partial charge in [-0.05, 0) is 44.9 Å². The first-order valence-corrected chi connectivity index (χ1v) is 7.32. The summed E-state index contributed by atoms with van der Waals surface area (Å²) in [7, 11) is 2.21. The Morgan fingerprint density at radius 3 is 2.84 bits per heavy atom. The summed E-state index contributed by atoms with van der Waals surface area (Å²) in [6, 6.07) is 10.9. The van der Waals surface area contributed by atoms with Crippen LogP contribution in [0.2, 0.25) is 0 Å². The quantitative estimate of drug-likeness (QED) is 0.853. The normalized spacial score (nSPS) is 21.3. The molecule has 0 radical (unpaired) electrons. The summed E-state index contributed by atoms with van der Waals surface area (Å²) >= 11 is 0. The summed E-state index contributed by atoms with van der Waals surface area (Å²) in [5.74, 6) is 0.706. The summed E-state index contributed by atoms with van der Waals surface area (Å²) in [4.78, 5) is 2.44. The second-order valence-corrected chi connectivity index (χ2v) is 5.62. The van der Waals surface area contributed by atoms with E-state index in [2.05, 4.69) is 48.5 Å². The Labute approximate surface area is 116 Å². The van der Waals surface area contributed by atoms with Gasteiger partial charge in [0.25, 0.3) is 0 Å². The number of para-hydroxylation sites is 1. The molecule has 1 saturated heterocycles. The van der Waals surface area contributed by atoms with Crippen LogP contribution in [0.25, 0.3) is 0 Å². The third-order valence-corrected chi connectivity index (χ3v) is 3.93. The van der Waals surface area contributed by atoms with Crippen molar-refractivity contribution in [3.05, 3.63) is 30.3 Å². The van der Waals surface area contributed by atoms with Gasteiger partial charge in [-0.15, -0.1) is 0 Å². The van der Waals surface area contributed by atoms with E-state index >= 15 is 0 Å². The monoisotopic (exact) mass is 262 g/mol. The molecule has 0 bridgehead atoms. The van der Waals surface area contributed by atoms with Crippen molar-refractivity contribution in [3.63, 3.8) is 0 Å². The Kier molecular flexibility index (Phi) is 5.67. The zero-order valence-electron chi connectivity index (χ0n) is 12.1. The minimum atomic E-state index is 0.530. The van der Waals surface area contributed by atoms with Crippen LogP contribution in [-0.4, -0.2) is 44.3 Å². The van der Waals surface area contributed by atoms with Crippen LogP contribution in [0.15, 0.2) is 30.3 Å². The fraction of sp³-hybridized carbons (Fsp3) is 0.625. The first kappa shape index (κ1) is 14.4. The molecule has 0 amide bonds. The molecule has 3 heteroatoms. The number of benzene rings is 1. The molecule has 1 aliphatic heterocycles. The minimum Gasteiger partial charge on any atom is -0.383 e. The molecule has 1 aromatic rings. The maximum absolute atomic E-state index is 5.55. The van der Waals surface area contributed by atoms with Gasteiger partial charge < -0.3 is 15.0 Å². The number of likely N-dealkylation sites (N-methyl/N-ethyl adjacent to an activating group) is 1. The smallest absolute Gasteiger partial charge is 0.0506 e. The van der Waals surface area contributed by atoms with E-state index in [4.69, 9.17) is 4.74 Å². The highest BCUT2D eigenvalue weighted by molar-refractivity contribution is 5.42. The van der Waals surface area contributed by atoms with Crippen LogP contribution in [0.5, 0.6) is 0 Å². The fourth-order valence-corrected chi connectivity index (χ4v) is 2.52. The number of hydrogen-bond acceptors (Lipinski definition) is 3. The maximum atomic E-state index is 5.55. The van der Waals surface area contributed by atoms with E-state index in [0.29, 0.717) is 12.0 Å². The Morgan fingerprint density at radius 1 is 1.37 bits per heavy atom. The summed E-state index contributed by atoms with van der Waals surface area (Å²) in [5.41, 5.74) is 1.20. The number of anilines is 1. The highest BCUT2D eigenvalue weighted by Gasteiger charge is 2.18. The van der Waals surface area contributed by atoms with E-state index < -0.39 is 0 Å². The van der Waals surface area contributed by atoms with Gasteiger partial charge in [0.15, 0.2) is 0 Å². The molecule has 3 nitrogen and oxygen atoms in total. The number of nitrogens with one attached hydrogen (secondary N) is 1. The van der Waals surface area contributed by atoms with E-state index in [-0.39, 0.29) is 0 Å². The number of hydrogen-bond donors (Lipinski definition) is 1. The van der Waals surface area contributed by atoms with Gasteiger partial charge in [-0.3, -0.25) is 0 Å². The molecule has 2 atom stereocenters. The van der Waals surface area contributed by atoms with Crippen LogP contribution in [-0.2, 0) is 4.74 Å². The first-order chi connectivity index (χ1) is 9.25. The summed E-state index contributed by atoms with van der Waals surface area (Å²) in [6.07, 6.45) is 2.53. The molecule has 2 unspecified atom stereocenters. The van der Waals surface area contributed by atoms with Crippen molar-refractivity contribution in [2.24, 2.45) is 5.92 Å². The molecule has 1 heterocycles. The topological polar surface area (TPSA) is 24.5 Å². The second kappa shape index (κ2) is 7.51. The zero-order chi connectivity index (χ0) is 13.5. The van der Waals surface area contributed by atoms with Crippen LogP contribution in [0, 0.1) is 5.92 Å². The molecule has 0 aromatic heterocycles. The van der Waals surface area contributed by atoms with Crippen molar-refractivity contribution in [2.75, 3.05) is 38.7 Å². The third kappa shape index (κ3) is 4.84. The fourth-order valence-electron chi connectivity index (χ4n) is 2.52. The number of rotatable bonds is 6. The van der Waals surface area contributed by atoms with Crippen LogP contribution < -0.4 is 5.32 Å². The summed E-state index contributed by atoms with van der Waals surface area (Å²) < 4.78 is 5.55. The van der Waals surface area contributed by atoms with Gasteiger partial charge >= 0.3 is 0 Å². The molecule has 19 heavy (non-hydrogen) atoms. The van der Waals surface area contributed by atoms with Crippen molar-refractivity contribution >= 4 is 5.69 Å². The molecular weight excluding hydrogens is 236 g/mol. The lowest BCUT2D eigenvalue weighted by molar-refractivity contribution is 0.0380. The SMILES string of the molecule is CC(CNc1ccccc1)N(C)CC1CCCOC1. The molecule has 0 aliphatic carbocycles. The minimum absolute atomic E-state index is 0.530. The van der Waals surface area contributed by atoms with Crippen molar-refractivity contribution in [1.82, 2.24) is 4.90 Å². The lowest BCUT2D eigenvalue weighted by atomic mass is 10.0. The van der Waals surface area contributed by atoms with E-state index in [0.717, 1.165) is 26.3 Å². The van der Waals surface area contributed by atoms with Crippen LogP contribution in [0.4, 0.5) is 5.69 Å². The molecule has 1 fully saturated rings. The number of ether oxygens (including phenoxy) is 1. The van der Waals surface area contributed by atoms with Crippen molar-refractivity contribution in [3.8, 4) is 0 Å². The van der Waals surface area contributed by atoms with Gasteiger partial charge in [0.2, 0.25) is 0 Å². The molecule has 1 N–H and O–H groups in total. The van der Waals surface area contributed by atoms with E-state index in [1.807, 2.05) is 6.07 Å². The van der Waals surface area contributed by atoms with Gasteiger partial charge in [-0.25, -0.2) is 0 Å². The Balaban J connectivity index is 1.71. The number of nitrogens with zero attached hydrogens (tertiary/aromatic N) is 1. The van der Waals surface area contributed by atoms with E-state index in [9.17, 15) is 0 Å². The maximum Gasteiger partial charge on any atom is 0.0506 e. The van der Waals surface area contributed by atoms with Gasteiger partial charge in [-0.1, -0.05) is 18.2 Å². The molecule has 0 spiro atoms. The first-order valence-electron chi connectivity index (χ1n) is 7.32. The molecule has 0 saturated carbocycles. The Hall–Kier alpha value is -1.06. The lowest BCUT2D eigenvalue weighted by Gasteiger charge is -2.31. The summed E-state index contributed by atoms with van der Waals surface area (Å²) in [6.45, 7) is 6.28. The van der Waals surface area contributed by atoms with Gasteiger partial charge in [-0.2, -0.15) is 0 Å². The van der Waals surface area contributed by atoms with Crippen molar-refractivity contribution in [2.45, 2.75) is 25.8 Å². The van der Waals surface area contributed by atoms with Crippen molar-refractivity contribution in [1.29, 1.82) is 0 Å². The standard InChI is InChI=1S/C16H26N2O/c1-14(11-17-16-8-4-3-5-9-16)18(2)12-15-7-6-10-19-13-15/h3-5,8-9,14-15,17H,6-7,10-13H2,1-2H3. The predicted molar refractivity (Wildman–Crippen MR) is 80.6 cm³/mol. The van der Waals surface area contributed by atoms with Gasteiger partial charge in [0, 0.05) is 31.4 Å². The Bertz CT molecular complexity index is 349.